The molecule has 0 bridgehead atoms. The molecule has 0 unspecified atom stereocenters. The lowest BCUT2D eigenvalue weighted by Crippen LogP contribution is -2.14. The fourth-order valence-corrected chi connectivity index (χ4v) is 2.11. The lowest BCUT2D eigenvalue weighted by molar-refractivity contribution is -0.115. The van der Waals surface area contributed by atoms with Crippen LogP contribution in [-0.4, -0.2) is 12.5 Å². The van der Waals surface area contributed by atoms with Crippen molar-refractivity contribution in [2.45, 2.75) is 26.7 Å². The molecule has 0 aromatic heterocycles. The van der Waals surface area contributed by atoms with Crippen LogP contribution in [0.25, 0.3) is 0 Å². The van der Waals surface area contributed by atoms with Gasteiger partial charge in [0.25, 0.3) is 0 Å². The van der Waals surface area contributed by atoms with E-state index in [2.05, 4.69) is 24.4 Å². The van der Waals surface area contributed by atoms with Gasteiger partial charge < -0.3 is 10.1 Å². The van der Waals surface area contributed by atoms with Crippen LogP contribution in [0.2, 0.25) is 0 Å². The quantitative estimate of drug-likeness (QED) is 0.875. The highest BCUT2D eigenvalue weighted by atomic mass is 16.5. The second kappa shape index (κ2) is 7.48. The van der Waals surface area contributed by atoms with Gasteiger partial charge in [-0.1, -0.05) is 37.3 Å². The Labute approximate surface area is 126 Å². The minimum Gasteiger partial charge on any atom is -0.494 e. The van der Waals surface area contributed by atoms with Crippen LogP contribution in [0.15, 0.2) is 48.5 Å². The molecule has 0 aliphatic rings. The van der Waals surface area contributed by atoms with E-state index in [0.717, 1.165) is 23.4 Å². The maximum atomic E-state index is 12.1. The fourth-order valence-electron chi connectivity index (χ4n) is 2.11. The van der Waals surface area contributed by atoms with Crippen molar-refractivity contribution >= 4 is 11.6 Å². The standard InChI is InChI=1S/C18H21NO2/c1-3-14-8-10-15(11-9-14)12-18(20)19-16-6-5-7-17(13-16)21-4-2/h5-11,13H,3-4,12H2,1-2H3,(H,19,20). The summed E-state index contributed by atoms with van der Waals surface area (Å²) in [6.45, 7) is 4.67. The third-order valence-electron chi connectivity index (χ3n) is 3.22. The summed E-state index contributed by atoms with van der Waals surface area (Å²) < 4.78 is 5.42. The van der Waals surface area contributed by atoms with Gasteiger partial charge in [0.05, 0.1) is 13.0 Å². The van der Waals surface area contributed by atoms with Crippen molar-refractivity contribution in [2.75, 3.05) is 11.9 Å². The van der Waals surface area contributed by atoms with E-state index in [-0.39, 0.29) is 5.91 Å². The fraction of sp³-hybridized carbons (Fsp3) is 0.278. The van der Waals surface area contributed by atoms with Gasteiger partial charge >= 0.3 is 0 Å². The van der Waals surface area contributed by atoms with Gasteiger partial charge in [-0.15, -0.1) is 0 Å². The number of rotatable bonds is 6. The topological polar surface area (TPSA) is 38.3 Å². The highest BCUT2D eigenvalue weighted by Crippen LogP contribution is 2.17. The monoisotopic (exact) mass is 283 g/mol. The molecule has 2 rings (SSSR count). The van der Waals surface area contributed by atoms with Crippen LogP contribution in [0.5, 0.6) is 5.75 Å². The van der Waals surface area contributed by atoms with E-state index in [1.54, 1.807) is 0 Å². The molecular formula is C18H21NO2. The van der Waals surface area contributed by atoms with Crippen LogP contribution in [0.4, 0.5) is 5.69 Å². The molecule has 3 heteroatoms. The lowest BCUT2D eigenvalue weighted by Gasteiger charge is -2.08. The minimum atomic E-state index is -0.0205. The van der Waals surface area contributed by atoms with E-state index < -0.39 is 0 Å². The first-order valence-corrected chi connectivity index (χ1v) is 7.31. The number of benzene rings is 2. The van der Waals surface area contributed by atoms with E-state index >= 15 is 0 Å². The van der Waals surface area contributed by atoms with Crippen molar-refractivity contribution in [3.63, 3.8) is 0 Å². The molecule has 0 saturated carbocycles. The summed E-state index contributed by atoms with van der Waals surface area (Å²) in [5.74, 6) is 0.746. The first kappa shape index (κ1) is 15.1. The van der Waals surface area contributed by atoms with Crippen LogP contribution in [-0.2, 0) is 17.6 Å². The molecule has 21 heavy (non-hydrogen) atoms. The van der Waals surface area contributed by atoms with Crippen molar-refractivity contribution in [1.29, 1.82) is 0 Å². The number of amides is 1. The molecule has 1 amide bonds. The van der Waals surface area contributed by atoms with E-state index in [9.17, 15) is 4.79 Å². The Bertz CT molecular complexity index is 590. The Hall–Kier alpha value is -2.29. The molecule has 0 atom stereocenters. The number of carbonyl (C=O) groups excluding carboxylic acids is 1. The van der Waals surface area contributed by atoms with Gasteiger partial charge in [-0.25, -0.2) is 0 Å². The predicted octanol–water partition coefficient (Wildman–Crippen LogP) is 3.83. The zero-order valence-corrected chi connectivity index (χ0v) is 12.6. The van der Waals surface area contributed by atoms with Gasteiger partial charge in [-0.2, -0.15) is 0 Å². The summed E-state index contributed by atoms with van der Waals surface area (Å²) in [6, 6.07) is 15.6. The Morgan fingerprint density at radius 3 is 2.43 bits per heavy atom. The molecule has 0 heterocycles. The summed E-state index contributed by atoms with van der Waals surface area (Å²) in [5.41, 5.74) is 3.06. The molecule has 3 nitrogen and oxygen atoms in total. The summed E-state index contributed by atoms with van der Waals surface area (Å²) in [5, 5.41) is 2.90. The number of nitrogens with one attached hydrogen (secondary N) is 1. The maximum absolute atomic E-state index is 12.1. The van der Waals surface area contributed by atoms with Gasteiger partial charge in [-0.3, -0.25) is 4.79 Å². The molecule has 2 aromatic rings. The molecule has 0 aliphatic carbocycles. The Kier molecular flexibility index (Phi) is 5.38. The van der Waals surface area contributed by atoms with Gasteiger partial charge in [0.1, 0.15) is 5.75 Å². The molecule has 1 N–H and O–H groups in total. The van der Waals surface area contributed by atoms with Gasteiger partial charge in [-0.05, 0) is 36.6 Å². The van der Waals surface area contributed by atoms with Crippen molar-refractivity contribution in [3.05, 3.63) is 59.7 Å². The van der Waals surface area contributed by atoms with E-state index in [0.29, 0.717) is 13.0 Å². The lowest BCUT2D eigenvalue weighted by atomic mass is 10.1. The number of carbonyl (C=O) groups is 1. The normalized spacial score (nSPS) is 10.2. The third kappa shape index (κ3) is 4.63. The van der Waals surface area contributed by atoms with Crippen LogP contribution >= 0.6 is 0 Å². The van der Waals surface area contributed by atoms with Crippen molar-refractivity contribution < 1.29 is 9.53 Å². The van der Waals surface area contributed by atoms with Crippen molar-refractivity contribution in [3.8, 4) is 5.75 Å². The van der Waals surface area contributed by atoms with Gasteiger partial charge in [0.2, 0.25) is 5.91 Å². The number of hydrogen-bond acceptors (Lipinski definition) is 2. The third-order valence-corrected chi connectivity index (χ3v) is 3.22. The average Bonchev–Trinajstić information content (AvgIpc) is 2.48. The summed E-state index contributed by atoms with van der Waals surface area (Å²) in [6.07, 6.45) is 1.39. The second-order valence-corrected chi connectivity index (χ2v) is 4.86. The minimum absolute atomic E-state index is 0.0205. The SMILES string of the molecule is CCOc1cccc(NC(=O)Cc2ccc(CC)cc2)c1. The van der Waals surface area contributed by atoms with Crippen molar-refractivity contribution in [1.82, 2.24) is 0 Å². The van der Waals surface area contributed by atoms with Crippen LogP contribution < -0.4 is 10.1 Å². The Morgan fingerprint density at radius 2 is 1.76 bits per heavy atom. The highest BCUT2D eigenvalue weighted by molar-refractivity contribution is 5.92. The summed E-state index contributed by atoms with van der Waals surface area (Å²) in [4.78, 5) is 12.1. The van der Waals surface area contributed by atoms with E-state index in [1.807, 2.05) is 43.3 Å². The predicted molar refractivity (Wildman–Crippen MR) is 85.8 cm³/mol. The smallest absolute Gasteiger partial charge is 0.228 e. The number of anilines is 1. The number of ether oxygens (including phenoxy) is 1. The molecule has 110 valence electrons. The van der Waals surface area contributed by atoms with Crippen LogP contribution in [0, 0.1) is 0 Å². The molecule has 0 fully saturated rings. The molecule has 0 saturated heterocycles. The maximum Gasteiger partial charge on any atom is 0.228 e. The van der Waals surface area contributed by atoms with Crippen molar-refractivity contribution in [2.24, 2.45) is 0 Å². The zero-order chi connectivity index (χ0) is 15.1. The molecular weight excluding hydrogens is 262 g/mol. The first-order chi connectivity index (χ1) is 10.2. The summed E-state index contributed by atoms with van der Waals surface area (Å²) in [7, 11) is 0. The molecule has 2 aromatic carbocycles. The van der Waals surface area contributed by atoms with E-state index in [1.165, 1.54) is 5.56 Å². The van der Waals surface area contributed by atoms with Gasteiger partial charge in [0.15, 0.2) is 0 Å². The first-order valence-electron chi connectivity index (χ1n) is 7.31. The largest absolute Gasteiger partial charge is 0.494 e. The Morgan fingerprint density at radius 1 is 1.05 bits per heavy atom. The molecule has 0 radical (unpaired) electrons. The second-order valence-electron chi connectivity index (χ2n) is 4.86. The summed E-state index contributed by atoms with van der Waals surface area (Å²) >= 11 is 0. The van der Waals surface area contributed by atoms with Crippen LogP contribution in [0.1, 0.15) is 25.0 Å². The Balaban J connectivity index is 1.95. The molecule has 0 aliphatic heterocycles. The molecule has 0 spiro atoms. The number of hydrogen-bond donors (Lipinski definition) is 1. The van der Waals surface area contributed by atoms with Crippen LogP contribution in [0.3, 0.4) is 0 Å². The number of aryl methyl sites for hydroxylation is 1. The average molecular weight is 283 g/mol. The van der Waals surface area contributed by atoms with Gasteiger partial charge in [0, 0.05) is 11.8 Å². The highest BCUT2D eigenvalue weighted by Gasteiger charge is 2.05. The van der Waals surface area contributed by atoms with E-state index in [4.69, 9.17) is 4.74 Å². The zero-order valence-electron chi connectivity index (χ0n) is 12.6.